The zero-order valence-electron chi connectivity index (χ0n) is 16.2. The Morgan fingerprint density at radius 1 is 1.13 bits per heavy atom. The van der Waals surface area contributed by atoms with E-state index < -0.39 is 16.8 Å². The van der Waals surface area contributed by atoms with Gasteiger partial charge in [0.15, 0.2) is 5.11 Å². The van der Waals surface area contributed by atoms with Crippen LogP contribution in [0.25, 0.3) is 0 Å². The first-order chi connectivity index (χ1) is 14.8. The first-order valence-electron chi connectivity index (χ1n) is 8.81. The summed E-state index contributed by atoms with van der Waals surface area (Å²) in [5.74, 6) is -1.68. The number of anilines is 2. The van der Waals surface area contributed by atoms with Gasteiger partial charge in [0.25, 0.3) is 11.6 Å². The van der Waals surface area contributed by atoms with Crippen LogP contribution in [0.15, 0.2) is 60.3 Å². The molecule has 31 heavy (non-hydrogen) atoms. The van der Waals surface area contributed by atoms with E-state index in [1.54, 1.807) is 31.2 Å². The molecule has 10 nitrogen and oxygen atoms in total. The van der Waals surface area contributed by atoms with E-state index in [1.807, 2.05) is 0 Å². The molecule has 0 aliphatic rings. The minimum atomic E-state index is -0.868. The minimum absolute atomic E-state index is 0.0622. The van der Waals surface area contributed by atoms with Crippen LogP contribution in [-0.2, 0) is 14.3 Å². The Bertz CT molecular complexity index is 996. The van der Waals surface area contributed by atoms with E-state index in [2.05, 4.69) is 21.5 Å². The summed E-state index contributed by atoms with van der Waals surface area (Å²) < 4.78 is 4.89. The second kappa shape index (κ2) is 11.5. The summed E-state index contributed by atoms with van der Waals surface area (Å²) >= 11 is 11.0. The van der Waals surface area contributed by atoms with Crippen LogP contribution in [0, 0.1) is 10.1 Å². The van der Waals surface area contributed by atoms with E-state index in [0.717, 1.165) is 6.20 Å². The fraction of sp³-hybridized carbons (Fsp3) is 0.105. The Balaban J connectivity index is 2.02. The lowest BCUT2D eigenvalue weighted by Gasteiger charge is -2.12. The number of thiocarbonyl (C=S) groups is 1. The summed E-state index contributed by atoms with van der Waals surface area (Å²) in [6.45, 7) is 1.66. The Morgan fingerprint density at radius 3 is 2.32 bits per heavy atom. The maximum atomic E-state index is 12.4. The molecule has 0 saturated carbocycles. The van der Waals surface area contributed by atoms with Gasteiger partial charge in [-0.3, -0.25) is 25.8 Å². The lowest BCUT2D eigenvalue weighted by molar-refractivity contribution is -0.384. The van der Waals surface area contributed by atoms with Crippen LogP contribution in [-0.4, -0.2) is 28.5 Å². The van der Waals surface area contributed by atoms with Crippen LogP contribution in [0.5, 0.6) is 0 Å². The number of nitro benzene ring substituents is 1. The van der Waals surface area contributed by atoms with Crippen molar-refractivity contribution in [2.75, 3.05) is 17.3 Å². The molecule has 0 atom stereocenters. The number of esters is 1. The number of amides is 1. The summed E-state index contributed by atoms with van der Waals surface area (Å²) in [6, 6.07) is 12.1. The average molecular weight is 464 g/mol. The zero-order chi connectivity index (χ0) is 22.8. The summed E-state index contributed by atoms with van der Waals surface area (Å²) in [5.41, 5.74) is 5.45. The number of nitro groups is 1. The number of rotatable bonds is 8. The number of hydrogen-bond donors (Lipinski definition) is 4. The van der Waals surface area contributed by atoms with E-state index in [1.165, 1.54) is 24.3 Å². The third-order valence-corrected chi connectivity index (χ3v) is 4.06. The van der Waals surface area contributed by atoms with Gasteiger partial charge < -0.3 is 15.4 Å². The quantitative estimate of drug-likeness (QED) is 0.0885. The van der Waals surface area contributed by atoms with Gasteiger partial charge >= 0.3 is 5.97 Å². The summed E-state index contributed by atoms with van der Waals surface area (Å²) in [4.78, 5) is 34.7. The van der Waals surface area contributed by atoms with Crippen molar-refractivity contribution in [2.45, 2.75) is 6.92 Å². The molecular weight excluding hydrogens is 446 g/mol. The van der Waals surface area contributed by atoms with Gasteiger partial charge in [0.2, 0.25) is 0 Å². The zero-order valence-corrected chi connectivity index (χ0v) is 17.8. The van der Waals surface area contributed by atoms with Crippen LogP contribution in [0.4, 0.5) is 17.1 Å². The Labute approximate surface area is 187 Å². The third-order valence-electron chi connectivity index (χ3n) is 3.59. The van der Waals surface area contributed by atoms with Crippen LogP contribution in [0.1, 0.15) is 6.92 Å². The van der Waals surface area contributed by atoms with Crippen molar-refractivity contribution >= 4 is 57.9 Å². The number of benzene rings is 2. The molecule has 4 N–H and O–H groups in total. The van der Waals surface area contributed by atoms with Gasteiger partial charge in [-0.1, -0.05) is 11.6 Å². The van der Waals surface area contributed by atoms with Crippen LogP contribution in [0.2, 0.25) is 5.02 Å². The highest BCUT2D eigenvalue weighted by molar-refractivity contribution is 7.80. The number of nitrogens with one attached hydrogen (secondary N) is 4. The molecular formula is C19H18ClN5O5S. The minimum Gasteiger partial charge on any atom is -0.462 e. The normalized spacial score (nSPS) is 10.6. The molecule has 0 spiro atoms. The van der Waals surface area contributed by atoms with Gasteiger partial charge in [-0.2, -0.15) is 0 Å². The number of carbonyl (C=O) groups excluding carboxylic acids is 2. The van der Waals surface area contributed by atoms with Crippen molar-refractivity contribution in [3.8, 4) is 0 Å². The lowest BCUT2D eigenvalue weighted by atomic mass is 10.2. The van der Waals surface area contributed by atoms with Crippen LogP contribution < -0.4 is 21.5 Å². The second-order valence-corrected chi connectivity index (χ2v) is 6.61. The summed E-state index contributed by atoms with van der Waals surface area (Å²) in [6.07, 6.45) is 1.11. The molecule has 162 valence electrons. The maximum absolute atomic E-state index is 12.4. The van der Waals surface area contributed by atoms with Crippen molar-refractivity contribution in [1.82, 2.24) is 10.7 Å². The highest BCUT2D eigenvalue weighted by Gasteiger charge is 2.20. The number of halogens is 1. The highest BCUT2D eigenvalue weighted by atomic mass is 35.5. The first-order valence-corrected chi connectivity index (χ1v) is 9.60. The van der Waals surface area contributed by atoms with E-state index >= 15 is 0 Å². The second-order valence-electron chi connectivity index (χ2n) is 5.77. The monoisotopic (exact) mass is 463 g/mol. The molecule has 0 saturated heterocycles. The average Bonchev–Trinajstić information content (AvgIpc) is 2.74. The molecule has 0 bridgehead atoms. The molecule has 12 heteroatoms. The van der Waals surface area contributed by atoms with Gasteiger partial charge in [0.1, 0.15) is 5.57 Å². The van der Waals surface area contributed by atoms with Gasteiger partial charge in [-0.05, 0) is 55.5 Å². The molecule has 0 unspecified atom stereocenters. The van der Waals surface area contributed by atoms with E-state index in [0.29, 0.717) is 16.4 Å². The highest BCUT2D eigenvalue weighted by Crippen LogP contribution is 2.15. The number of hydrogen-bond acceptors (Lipinski definition) is 7. The Morgan fingerprint density at radius 2 is 1.74 bits per heavy atom. The van der Waals surface area contributed by atoms with E-state index in [-0.39, 0.29) is 23.0 Å². The van der Waals surface area contributed by atoms with Gasteiger partial charge in [-0.15, -0.1) is 0 Å². The lowest BCUT2D eigenvalue weighted by Crippen LogP contribution is -2.35. The van der Waals surface area contributed by atoms with Crippen molar-refractivity contribution < 1.29 is 19.2 Å². The molecule has 1 amide bonds. The van der Waals surface area contributed by atoms with Crippen LogP contribution in [0.3, 0.4) is 0 Å². The molecule has 0 fully saturated rings. The number of ether oxygens (including phenoxy) is 1. The number of carbonyl (C=O) groups is 2. The number of hydrazine groups is 1. The molecule has 2 aromatic rings. The maximum Gasteiger partial charge on any atom is 0.345 e. The van der Waals surface area contributed by atoms with Crippen molar-refractivity contribution in [3.63, 3.8) is 0 Å². The van der Waals surface area contributed by atoms with Crippen molar-refractivity contribution in [3.05, 3.63) is 75.4 Å². The fourth-order valence-corrected chi connectivity index (χ4v) is 2.43. The van der Waals surface area contributed by atoms with Crippen LogP contribution >= 0.6 is 23.8 Å². The van der Waals surface area contributed by atoms with Gasteiger partial charge in [-0.25, -0.2) is 4.79 Å². The topological polar surface area (TPSA) is 135 Å². The number of nitrogens with zero attached hydrogens (tertiary/aromatic N) is 1. The molecule has 2 aromatic carbocycles. The van der Waals surface area contributed by atoms with Gasteiger partial charge in [0.05, 0.1) is 17.2 Å². The van der Waals surface area contributed by atoms with Crippen molar-refractivity contribution in [2.24, 2.45) is 0 Å². The molecule has 0 aliphatic heterocycles. The fourth-order valence-electron chi connectivity index (χ4n) is 2.13. The third kappa shape index (κ3) is 7.57. The Kier molecular flexibility index (Phi) is 8.73. The molecule has 0 radical (unpaired) electrons. The summed E-state index contributed by atoms with van der Waals surface area (Å²) in [7, 11) is 0. The molecule has 0 heterocycles. The largest absolute Gasteiger partial charge is 0.462 e. The summed E-state index contributed by atoms with van der Waals surface area (Å²) in [5, 5.41) is 16.9. The van der Waals surface area contributed by atoms with E-state index in [9.17, 15) is 19.7 Å². The smallest absolute Gasteiger partial charge is 0.345 e. The van der Waals surface area contributed by atoms with Gasteiger partial charge in [0, 0.05) is 29.0 Å². The SMILES string of the molecule is CCOC(=O)/C(=C/NC(=S)Nc1ccc(Cl)cc1)C(=O)NNc1ccc([N+](=O)[O-])cc1. The number of non-ortho nitro benzene ring substituents is 1. The first kappa shape index (κ1) is 23.6. The van der Waals surface area contributed by atoms with E-state index in [4.69, 9.17) is 28.6 Å². The predicted molar refractivity (Wildman–Crippen MR) is 120 cm³/mol. The molecule has 0 aromatic heterocycles. The van der Waals surface area contributed by atoms with Crippen molar-refractivity contribution in [1.29, 1.82) is 0 Å². The Hall–Kier alpha value is -3.70. The standard InChI is InChI=1S/C19H18ClN5O5S/c1-2-30-18(27)16(11-21-19(31)22-13-5-3-12(20)4-6-13)17(26)24-23-14-7-9-15(10-8-14)25(28)29/h3-11,23H,2H2,1H3,(H,24,26)(H2,21,22,31)/b16-11+. The molecule has 0 aliphatic carbocycles. The predicted octanol–water partition coefficient (Wildman–Crippen LogP) is 3.12. The molecule has 2 rings (SSSR count).